The number of aromatic nitrogens is 2. The Morgan fingerprint density at radius 3 is 2.08 bits per heavy atom. The Morgan fingerprint density at radius 1 is 0.875 bits per heavy atom. The smallest absolute Gasteiger partial charge is 0.212 e. The largest absolute Gasteiger partial charge is 0.228 e. The lowest BCUT2D eigenvalue weighted by atomic mass is 10.1. The summed E-state index contributed by atoms with van der Waals surface area (Å²) in [5, 5.41) is 0.0903. The number of halogens is 5. The summed E-state index contributed by atoms with van der Waals surface area (Å²) >= 11 is 8.77. The molecular weight excluding hydrogens is 405 g/mol. The van der Waals surface area contributed by atoms with Crippen molar-refractivity contribution < 1.29 is 13.2 Å². The zero-order valence-electron chi connectivity index (χ0n) is 12.2. The molecular formula is C17H11BrClF3N2. The van der Waals surface area contributed by atoms with Crippen molar-refractivity contribution >= 4 is 27.5 Å². The minimum atomic E-state index is -0.546. The summed E-state index contributed by atoms with van der Waals surface area (Å²) in [4.78, 5) is 6.87. The Kier molecular flexibility index (Phi) is 6.75. The average Bonchev–Trinajstić information content (AvgIpc) is 2.57. The highest BCUT2D eigenvalue weighted by atomic mass is 79.9. The van der Waals surface area contributed by atoms with E-state index in [0.29, 0.717) is 12.0 Å². The van der Waals surface area contributed by atoms with Crippen LogP contribution in [0.5, 0.6) is 0 Å². The van der Waals surface area contributed by atoms with Gasteiger partial charge in [0.25, 0.3) is 0 Å². The molecule has 0 unspecified atom stereocenters. The van der Waals surface area contributed by atoms with Crippen LogP contribution in [-0.4, -0.2) is 9.97 Å². The third kappa shape index (κ3) is 5.62. The second-order valence-electron chi connectivity index (χ2n) is 4.68. The summed E-state index contributed by atoms with van der Waals surface area (Å²) < 4.78 is 38.8. The van der Waals surface area contributed by atoms with Gasteiger partial charge in [-0.1, -0.05) is 29.8 Å². The quantitative estimate of drug-likeness (QED) is 0.510. The van der Waals surface area contributed by atoms with Gasteiger partial charge in [0.1, 0.15) is 5.82 Å². The van der Waals surface area contributed by atoms with Crippen molar-refractivity contribution in [2.24, 2.45) is 0 Å². The molecule has 0 amide bonds. The summed E-state index contributed by atoms with van der Waals surface area (Å²) in [6, 6.07) is 10.5. The highest BCUT2D eigenvalue weighted by Gasteiger charge is 2.07. The molecule has 24 heavy (non-hydrogen) atoms. The molecule has 0 aliphatic heterocycles. The molecule has 0 N–H and O–H groups in total. The zero-order chi connectivity index (χ0) is 17.5. The normalized spacial score (nSPS) is 10.0. The first-order chi connectivity index (χ1) is 11.5. The van der Waals surface area contributed by atoms with Crippen LogP contribution in [0.25, 0.3) is 0 Å². The van der Waals surface area contributed by atoms with E-state index in [1.807, 2.05) is 0 Å². The van der Waals surface area contributed by atoms with Gasteiger partial charge >= 0.3 is 0 Å². The molecule has 3 aromatic rings. The van der Waals surface area contributed by atoms with Gasteiger partial charge in [0.05, 0.1) is 5.02 Å². The number of hydrogen-bond acceptors (Lipinski definition) is 2. The molecule has 0 fully saturated rings. The highest BCUT2D eigenvalue weighted by Crippen LogP contribution is 2.20. The number of pyridine rings is 2. The Morgan fingerprint density at radius 2 is 1.54 bits per heavy atom. The van der Waals surface area contributed by atoms with Crippen LogP contribution in [0.1, 0.15) is 11.1 Å². The molecule has 0 saturated carbocycles. The second-order valence-corrected chi connectivity index (χ2v) is 6.00. The first-order valence-corrected chi connectivity index (χ1v) is 7.93. The summed E-state index contributed by atoms with van der Waals surface area (Å²) in [7, 11) is 0. The summed E-state index contributed by atoms with van der Waals surface area (Å²) in [5.74, 6) is -1.43. The van der Waals surface area contributed by atoms with Crippen molar-refractivity contribution in [3.8, 4) is 0 Å². The van der Waals surface area contributed by atoms with Gasteiger partial charge in [-0.05, 0) is 51.3 Å². The number of hydrogen-bond donors (Lipinski definition) is 0. The highest BCUT2D eigenvalue weighted by molar-refractivity contribution is 9.10. The molecule has 0 bridgehead atoms. The topological polar surface area (TPSA) is 25.8 Å². The number of rotatable bonds is 2. The van der Waals surface area contributed by atoms with E-state index >= 15 is 0 Å². The molecule has 0 saturated heterocycles. The van der Waals surface area contributed by atoms with Gasteiger partial charge < -0.3 is 0 Å². The third-order valence-corrected chi connectivity index (χ3v) is 3.67. The molecule has 0 atom stereocenters. The predicted octanol–water partition coefficient (Wildman–Crippen LogP) is 5.59. The molecule has 3 rings (SSSR count). The molecule has 2 heterocycles. The summed E-state index contributed by atoms with van der Waals surface area (Å²) in [6.07, 6.45) is 3.14. The van der Waals surface area contributed by atoms with E-state index in [-0.39, 0.29) is 5.02 Å². The molecule has 0 aliphatic rings. The van der Waals surface area contributed by atoms with E-state index in [2.05, 4.69) is 25.9 Å². The third-order valence-electron chi connectivity index (χ3n) is 2.91. The van der Waals surface area contributed by atoms with Gasteiger partial charge in [-0.3, -0.25) is 0 Å². The van der Waals surface area contributed by atoms with Crippen LogP contribution in [0.3, 0.4) is 0 Å². The Hall–Kier alpha value is -1.92. The van der Waals surface area contributed by atoms with E-state index in [1.165, 1.54) is 30.6 Å². The van der Waals surface area contributed by atoms with Crippen molar-refractivity contribution in [3.63, 3.8) is 0 Å². The lowest BCUT2D eigenvalue weighted by Gasteiger charge is -2.04. The maximum atomic E-state index is 13.5. The minimum absolute atomic E-state index is 0.0903. The van der Waals surface area contributed by atoms with Gasteiger partial charge in [-0.25, -0.2) is 14.4 Å². The maximum absolute atomic E-state index is 13.5. The SMILES string of the molecule is Fc1ccc(Br)cn1.Fc1ccc(Cc2cccc(Cl)c2F)cn1. The lowest BCUT2D eigenvalue weighted by Crippen LogP contribution is -1.94. The number of benzene rings is 1. The second kappa shape index (κ2) is 8.80. The van der Waals surface area contributed by atoms with Crippen LogP contribution < -0.4 is 0 Å². The standard InChI is InChI=1S/C12H8ClF2N.C5H3BrFN/c13-10-3-1-2-9(12(10)15)6-8-4-5-11(14)16-7-8;6-4-1-2-5(7)8-3-4/h1-5,7H,6H2;1-3H. The first kappa shape index (κ1) is 18.4. The summed E-state index contributed by atoms with van der Waals surface area (Å²) in [6.45, 7) is 0. The van der Waals surface area contributed by atoms with Crippen molar-refractivity contribution in [1.82, 2.24) is 9.97 Å². The van der Waals surface area contributed by atoms with Crippen molar-refractivity contribution in [1.29, 1.82) is 0 Å². The molecule has 1 aromatic carbocycles. The molecule has 0 spiro atoms. The van der Waals surface area contributed by atoms with E-state index in [4.69, 9.17) is 11.6 Å². The molecule has 0 radical (unpaired) electrons. The van der Waals surface area contributed by atoms with Gasteiger partial charge in [-0.2, -0.15) is 8.78 Å². The monoisotopic (exact) mass is 414 g/mol. The van der Waals surface area contributed by atoms with E-state index in [9.17, 15) is 13.2 Å². The van der Waals surface area contributed by atoms with E-state index in [0.717, 1.165) is 10.0 Å². The van der Waals surface area contributed by atoms with Crippen molar-refractivity contribution in [3.05, 3.63) is 93.2 Å². The van der Waals surface area contributed by atoms with E-state index in [1.54, 1.807) is 24.3 Å². The Balaban J connectivity index is 0.000000219. The Labute approximate surface area is 150 Å². The van der Waals surface area contributed by atoms with Gasteiger partial charge in [0.15, 0.2) is 0 Å². The molecule has 7 heteroatoms. The average molecular weight is 416 g/mol. The van der Waals surface area contributed by atoms with Gasteiger partial charge in [0, 0.05) is 23.3 Å². The maximum Gasteiger partial charge on any atom is 0.212 e. The fourth-order valence-electron chi connectivity index (χ4n) is 1.77. The van der Waals surface area contributed by atoms with Gasteiger partial charge in [0.2, 0.25) is 11.9 Å². The first-order valence-electron chi connectivity index (χ1n) is 6.76. The van der Waals surface area contributed by atoms with Crippen LogP contribution in [0, 0.1) is 17.7 Å². The summed E-state index contributed by atoms with van der Waals surface area (Å²) in [5.41, 5.74) is 1.21. The lowest BCUT2D eigenvalue weighted by molar-refractivity contribution is 0.582. The molecule has 2 aromatic heterocycles. The zero-order valence-corrected chi connectivity index (χ0v) is 14.5. The fourth-order valence-corrected chi connectivity index (χ4v) is 2.20. The molecule has 124 valence electrons. The van der Waals surface area contributed by atoms with Crippen molar-refractivity contribution in [2.75, 3.05) is 0 Å². The minimum Gasteiger partial charge on any atom is -0.228 e. The Bertz CT molecular complexity index is 775. The molecule has 2 nitrogen and oxygen atoms in total. The van der Waals surface area contributed by atoms with E-state index < -0.39 is 17.7 Å². The molecule has 0 aliphatic carbocycles. The van der Waals surface area contributed by atoms with Crippen LogP contribution >= 0.6 is 27.5 Å². The number of nitrogens with zero attached hydrogens (tertiary/aromatic N) is 2. The fraction of sp³-hybridized carbons (Fsp3) is 0.0588. The van der Waals surface area contributed by atoms with Gasteiger partial charge in [-0.15, -0.1) is 0 Å². The van der Waals surface area contributed by atoms with Crippen LogP contribution in [0.15, 0.2) is 59.3 Å². The van der Waals surface area contributed by atoms with Crippen LogP contribution in [-0.2, 0) is 6.42 Å². The van der Waals surface area contributed by atoms with Crippen LogP contribution in [0.4, 0.5) is 13.2 Å². The van der Waals surface area contributed by atoms with Crippen molar-refractivity contribution in [2.45, 2.75) is 6.42 Å². The van der Waals surface area contributed by atoms with Crippen LogP contribution in [0.2, 0.25) is 5.02 Å². The predicted molar refractivity (Wildman–Crippen MR) is 90.3 cm³/mol.